The van der Waals surface area contributed by atoms with Crippen molar-refractivity contribution in [2.24, 2.45) is 0 Å². The van der Waals surface area contributed by atoms with E-state index in [1.807, 2.05) is 28.9 Å². The molecule has 0 aliphatic carbocycles. The highest BCUT2D eigenvalue weighted by Gasteiger charge is 2.24. The number of hydrogen-bond donors (Lipinski definition) is 1. The molecule has 0 amide bonds. The predicted molar refractivity (Wildman–Crippen MR) is 74.7 cm³/mol. The number of rotatable bonds is 4. The molecule has 1 atom stereocenters. The molecule has 0 saturated carbocycles. The minimum absolute atomic E-state index is 0.241. The highest BCUT2D eigenvalue weighted by molar-refractivity contribution is 5.63. The standard InChI is InChI=1S/C14H14N6O/c1-2-4-12(11(3-1)14-16-8-17-19-14)21-7-10-5-6-13-15-9-18-20(10)13/h1-4,8-10H,5-7H2,(H,16,17,19)/t10-/m0/s1. The number of H-pyrrole nitrogens is 1. The van der Waals surface area contributed by atoms with Gasteiger partial charge in [-0.25, -0.2) is 14.6 Å². The molecule has 7 nitrogen and oxygen atoms in total. The van der Waals surface area contributed by atoms with Gasteiger partial charge in [0.25, 0.3) is 0 Å². The zero-order valence-electron chi connectivity index (χ0n) is 11.3. The van der Waals surface area contributed by atoms with Crippen LogP contribution in [0.25, 0.3) is 11.4 Å². The zero-order chi connectivity index (χ0) is 14.1. The van der Waals surface area contributed by atoms with Crippen LogP contribution in [0.1, 0.15) is 18.3 Å². The summed E-state index contributed by atoms with van der Waals surface area (Å²) in [6.45, 7) is 0.571. The average molecular weight is 282 g/mol. The quantitative estimate of drug-likeness (QED) is 0.786. The van der Waals surface area contributed by atoms with Gasteiger partial charge in [0.15, 0.2) is 5.82 Å². The Morgan fingerprint density at radius 1 is 1.24 bits per heavy atom. The van der Waals surface area contributed by atoms with Crippen molar-refractivity contribution in [3.05, 3.63) is 42.7 Å². The molecular weight excluding hydrogens is 268 g/mol. The first-order valence-corrected chi connectivity index (χ1v) is 6.88. The first-order valence-electron chi connectivity index (χ1n) is 6.88. The Bertz CT molecular complexity index is 736. The SMILES string of the molecule is c1ccc(-c2ncn[nH]2)c(OC[C@@H]2CCc3ncnn32)c1. The van der Waals surface area contributed by atoms with Gasteiger partial charge in [0, 0.05) is 6.42 Å². The van der Waals surface area contributed by atoms with Gasteiger partial charge in [0.2, 0.25) is 0 Å². The van der Waals surface area contributed by atoms with Crippen molar-refractivity contribution in [1.29, 1.82) is 0 Å². The molecular formula is C14H14N6O. The first-order chi connectivity index (χ1) is 10.4. The van der Waals surface area contributed by atoms with E-state index >= 15 is 0 Å². The summed E-state index contributed by atoms with van der Waals surface area (Å²) < 4.78 is 7.95. The van der Waals surface area contributed by atoms with E-state index < -0.39 is 0 Å². The van der Waals surface area contributed by atoms with Crippen LogP contribution in [0.2, 0.25) is 0 Å². The topological polar surface area (TPSA) is 81.5 Å². The van der Waals surface area contributed by atoms with E-state index in [2.05, 4.69) is 25.3 Å². The third-order valence-electron chi connectivity index (χ3n) is 3.68. The lowest BCUT2D eigenvalue weighted by molar-refractivity contribution is 0.246. The third-order valence-corrected chi connectivity index (χ3v) is 3.68. The Hall–Kier alpha value is -2.70. The fourth-order valence-corrected chi connectivity index (χ4v) is 2.64. The van der Waals surface area contributed by atoms with Crippen LogP contribution < -0.4 is 4.74 Å². The van der Waals surface area contributed by atoms with Crippen molar-refractivity contribution >= 4 is 0 Å². The molecule has 1 aliphatic heterocycles. The number of benzene rings is 1. The molecule has 3 aromatic rings. The molecule has 0 bridgehead atoms. The molecule has 21 heavy (non-hydrogen) atoms. The molecule has 1 aromatic carbocycles. The maximum atomic E-state index is 5.99. The lowest BCUT2D eigenvalue weighted by Gasteiger charge is -2.14. The summed E-state index contributed by atoms with van der Waals surface area (Å²) in [4.78, 5) is 8.41. The molecule has 0 radical (unpaired) electrons. The number of nitrogens with one attached hydrogen (secondary N) is 1. The minimum Gasteiger partial charge on any atom is -0.491 e. The van der Waals surface area contributed by atoms with Gasteiger partial charge >= 0.3 is 0 Å². The number of nitrogens with zero attached hydrogens (tertiary/aromatic N) is 5. The maximum absolute atomic E-state index is 5.99. The van der Waals surface area contributed by atoms with Crippen LogP contribution in [-0.2, 0) is 6.42 Å². The minimum atomic E-state index is 0.241. The molecule has 0 unspecified atom stereocenters. The van der Waals surface area contributed by atoms with Crippen molar-refractivity contribution in [3.8, 4) is 17.1 Å². The van der Waals surface area contributed by atoms with E-state index in [4.69, 9.17) is 4.74 Å². The van der Waals surface area contributed by atoms with E-state index in [1.165, 1.54) is 6.33 Å². The van der Waals surface area contributed by atoms with Crippen LogP contribution >= 0.6 is 0 Å². The van der Waals surface area contributed by atoms with Crippen LogP contribution in [0, 0.1) is 0 Å². The van der Waals surface area contributed by atoms with Crippen molar-refractivity contribution in [1.82, 2.24) is 29.9 Å². The van der Waals surface area contributed by atoms with Gasteiger partial charge in [-0.2, -0.15) is 10.2 Å². The van der Waals surface area contributed by atoms with Crippen molar-refractivity contribution in [3.63, 3.8) is 0 Å². The second-order valence-electron chi connectivity index (χ2n) is 4.95. The van der Waals surface area contributed by atoms with E-state index in [9.17, 15) is 0 Å². The largest absolute Gasteiger partial charge is 0.491 e. The number of aromatic amines is 1. The van der Waals surface area contributed by atoms with Gasteiger partial charge in [-0.3, -0.25) is 5.10 Å². The predicted octanol–water partition coefficient (Wildman–Crippen LogP) is 1.63. The summed E-state index contributed by atoms with van der Waals surface area (Å²) in [5.74, 6) is 2.54. The van der Waals surface area contributed by atoms with Gasteiger partial charge in [-0.05, 0) is 18.6 Å². The highest BCUT2D eigenvalue weighted by atomic mass is 16.5. The van der Waals surface area contributed by atoms with Gasteiger partial charge in [-0.1, -0.05) is 12.1 Å². The summed E-state index contributed by atoms with van der Waals surface area (Å²) in [5.41, 5.74) is 0.909. The van der Waals surface area contributed by atoms with Crippen LogP contribution in [0.3, 0.4) is 0 Å². The van der Waals surface area contributed by atoms with Crippen molar-refractivity contribution < 1.29 is 4.74 Å². The number of aryl methyl sites for hydroxylation is 1. The summed E-state index contributed by atoms with van der Waals surface area (Å²) in [5, 5.41) is 11.0. The van der Waals surface area contributed by atoms with Crippen LogP contribution in [0.5, 0.6) is 5.75 Å². The Kier molecular flexibility index (Phi) is 2.88. The number of para-hydroxylation sites is 1. The summed E-state index contributed by atoms with van der Waals surface area (Å²) in [7, 11) is 0. The first kappa shape index (κ1) is 12.1. The monoisotopic (exact) mass is 282 g/mol. The molecule has 1 N–H and O–H groups in total. The fraction of sp³-hybridized carbons (Fsp3) is 0.286. The molecule has 3 heterocycles. The van der Waals surface area contributed by atoms with Crippen molar-refractivity contribution in [2.75, 3.05) is 6.61 Å². The number of hydrogen-bond acceptors (Lipinski definition) is 5. The molecule has 0 fully saturated rings. The van der Waals surface area contributed by atoms with E-state index in [0.717, 1.165) is 30.0 Å². The van der Waals surface area contributed by atoms with Crippen LogP contribution in [0.15, 0.2) is 36.9 Å². The maximum Gasteiger partial charge on any atom is 0.159 e. The van der Waals surface area contributed by atoms with E-state index in [0.29, 0.717) is 12.4 Å². The Balaban J connectivity index is 1.54. The van der Waals surface area contributed by atoms with Gasteiger partial charge in [0.05, 0.1) is 11.6 Å². The lowest BCUT2D eigenvalue weighted by Crippen LogP contribution is -2.15. The van der Waals surface area contributed by atoms with E-state index in [-0.39, 0.29) is 6.04 Å². The van der Waals surface area contributed by atoms with E-state index in [1.54, 1.807) is 6.33 Å². The molecule has 106 valence electrons. The summed E-state index contributed by atoms with van der Waals surface area (Å²) >= 11 is 0. The summed E-state index contributed by atoms with van der Waals surface area (Å²) in [6, 6.07) is 8.05. The second-order valence-corrected chi connectivity index (χ2v) is 4.95. The summed E-state index contributed by atoms with van der Waals surface area (Å²) in [6.07, 6.45) is 5.06. The number of aromatic nitrogens is 6. The molecule has 0 saturated heterocycles. The normalized spacial score (nSPS) is 16.9. The molecule has 1 aliphatic rings. The van der Waals surface area contributed by atoms with Gasteiger partial charge in [0.1, 0.15) is 30.8 Å². The third kappa shape index (κ3) is 2.16. The lowest BCUT2D eigenvalue weighted by atomic mass is 10.2. The number of ether oxygens (including phenoxy) is 1. The Morgan fingerprint density at radius 2 is 2.19 bits per heavy atom. The second kappa shape index (κ2) is 5.01. The zero-order valence-corrected chi connectivity index (χ0v) is 11.3. The van der Waals surface area contributed by atoms with Crippen LogP contribution in [0.4, 0.5) is 0 Å². The Labute approximate surface area is 121 Å². The molecule has 4 rings (SSSR count). The van der Waals surface area contributed by atoms with Crippen LogP contribution in [-0.4, -0.2) is 36.6 Å². The Morgan fingerprint density at radius 3 is 3.10 bits per heavy atom. The van der Waals surface area contributed by atoms with Gasteiger partial charge < -0.3 is 4.74 Å². The van der Waals surface area contributed by atoms with Gasteiger partial charge in [-0.15, -0.1) is 0 Å². The molecule has 2 aromatic heterocycles. The smallest absolute Gasteiger partial charge is 0.159 e. The highest BCUT2D eigenvalue weighted by Crippen LogP contribution is 2.29. The average Bonchev–Trinajstić information content (AvgIpc) is 3.24. The molecule has 7 heteroatoms. The fourth-order valence-electron chi connectivity index (χ4n) is 2.64. The van der Waals surface area contributed by atoms with Crippen molar-refractivity contribution in [2.45, 2.75) is 18.9 Å². The number of fused-ring (bicyclic) bond motifs is 1. The molecule has 0 spiro atoms.